The number of hydrogen-bond acceptors (Lipinski definition) is 3. The molecule has 0 unspecified atom stereocenters. The number of rotatable bonds is 3. The summed E-state index contributed by atoms with van der Waals surface area (Å²) in [6.07, 6.45) is 2.93. The second-order valence-corrected chi connectivity index (χ2v) is 3.87. The molecule has 0 aromatic carbocycles. The van der Waals surface area contributed by atoms with Gasteiger partial charge in [0.15, 0.2) is 0 Å². The van der Waals surface area contributed by atoms with Crippen molar-refractivity contribution in [2.45, 2.75) is 32.2 Å². The van der Waals surface area contributed by atoms with E-state index in [1.165, 1.54) is 5.06 Å². The van der Waals surface area contributed by atoms with E-state index in [9.17, 15) is 4.79 Å². The molecule has 0 radical (unpaired) electrons. The lowest BCUT2D eigenvalue weighted by molar-refractivity contribution is -0.201. The van der Waals surface area contributed by atoms with E-state index >= 15 is 0 Å². The van der Waals surface area contributed by atoms with Gasteiger partial charge in [-0.25, -0.2) is 5.06 Å². The van der Waals surface area contributed by atoms with Crippen LogP contribution in [0.2, 0.25) is 0 Å². The fraction of sp³-hybridized carbons (Fsp3) is 0.900. The van der Waals surface area contributed by atoms with Crippen LogP contribution >= 0.6 is 0 Å². The highest BCUT2D eigenvalue weighted by Crippen LogP contribution is 2.11. The first-order chi connectivity index (χ1) is 6.66. The van der Waals surface area contributed by atoms with Gasteiger partial charge in [0, 0.05) is 6.54 Å². The predicted molar refractivity (Wildman–Crippen MR) is 54.7 cm³/mol. The van der Waals surface area contributed by atoms with Crippen LogP contribution < -0.4 is 0 Å². The minimum atomic E-state index is -0.0481. The summed E-state index contributed by atoms with van der Waals surface area (Å²) in [5, 5.41) is 1.53. The van der Waals surface area contributed by atoms with Crippen LogP contribution in [0.15, 0.2) is 0 Å². The van der Waals surface area contributed by atoms with E-state index < -0.39 is 0 Å². The first-order valence-electron chi connectivity index (χ1n) is 5.27. The molecule has 0 aromatic heterocycles. The van der Waals surface area contributed by atoms with E-state index in [2.05, 4.69) is 0 Å². The Bertz CT molecular complexity index is 189. The molecule has 4 nitrogen and oxygen atoms in total. The molecule has 1 amide bonds. The third-order valence-corrected chi connectivity index (χ3v) is 2.54. The van der Waals surface area contributed by atoms with Gasteiger partial charge in [0.1, 0.15) is 0 Å². The van der Waals surface area contributed by atoms with Gasteiger partial charge in [-0.2, -0.15) is 0 Å². The van der Waals surface area contributed by atoms with E-state index in [4.69, 9.17) is 4.84 Å². The lowest BCUT2D eigenvalue weighted by atomic mass is 10.2. The molecule has 1 saturated heterocycles. The van der Waals surface area contributed by atoms with Gasteiger partial charge in [-0.3, -0.25) is 14.5 Å². The van der Waals surface area contributed by atoms with Gasteiger partial charge in [-0.05, 0) is 33.4 Å². The molecule has 14 heavy (non-hydrogen) atoms. The number of carbonyl (C=O) groups is 1. The Kier molecular flexibility index (Phi) is 4.35. The fourth-order valence-corrected chi connectivity index (χ4v) is 1.70. The molecule has 4 heteroatoms. The normalized spacial score (nSPS) is 19.9. The third kappa shape index (κ3) is 2.69. The summed E-state index contributed by atoms with van der Waals surface area (Å²) in [7, 11) is 3.85. The average Bonchev–Trinajstić information content (AvgIpc) is 2.19. The van der Waals surface area contributed by atoms with Gasteiger partial charge in [0.2, 0.25) is 0 Å². The quantitative estimate of drug-likeness (QED) is 0.678. The highest BCUT2D eigenvalue weighted by Gasteiger charge is 2.26. The molecular formula is C10H20N2O2. The number of carbonyl (C=O) groups excluding carboxylic acids is 1. The zero-order chi connectivity index (χ0) is 10.6. The van der Waals surface area contributed by atoms with Crippen LogP contribution in [0.3, 0.4) is 0 Å². The molecule has 1 aliphatic heterocycles. The molecule has 1 rings (SSSR count). The van der Waals surface area contributed by atoms with Gasteiger partial charge in [0.05, 0.1) is 12.6 Å². The van der Waals surface area contributed by atoms with Crippen molar-refractivity contribution in [2.75, 3.05) is 27.2 Å². The topological polar surface area (TPSA) is 32.8 Å². The Morgan fingerprint density at radius 2 is 2.21 bits per heavy atom. The summed E-state index contributed by atoms with van der Waals surface area (Å²) in [5.41, 5.74) is 0. The molecule has 0 bridgehead atoms. The van der Waals surface area contributed by atoms with Crippen molar-refractivity contribution >= 4 is 5.91 Å². The van der Waals surface area contributed by atoms with Crippen LogP contribution in [0.1, 0.15) is 26.2 Å². The minimum Gasteiger partial charge on any atom is -0.298 e. The van der Waals surface area contributed by atoms with Crippen molar-refractivity contribution in [3.05, 3.63) is 0 Å². The molecule has 1 aliphatic rings. The molecule has 1 atom stereocenters. The molecule has 0 N–H and O–H groups in total. The Balaban J connectivity index is 2.52. The standard InChI is InChI=1S/C10H20N2O2/c1-4-9(11(2)3)10(13)12-7-5-6-8-14-12/h9H,4-8H2,1-3H3/t9-/m0/s1. The molecule has 0 saturated carbocycles. The summed E-state index contributed by atoms with van der Waals surface area (Å²) in [6.45, 7) is 3.44. The van der Waals surface area contributed by atoms with Crippen LogP contribution in [-0.2, 0) is 9.63 Å². The summed E-state index contributed by atoms with van der Waals surface area (Å²) in [5.74, 6) is 0.0946. The summed E-state index contributed by atoms with van der Waals surface area (Å²) < 4.78 is 0. The third-order valence-electron chi connectivity index (χ3n) is 2.54. The van der Waals surface area contributed by atoms with Gasteiger partial charge in [-0.15, -0.1) is 0 Å². The molecule has 0 spiro atoms. The maximum atomic E-state index is 11.9. The van der Waals surface area contributed by atoms with E-state index in [0.29, 0.717) is 6.61 Å². The van der Waals surface area contributed by atoms with Crippen molar-refractivity contribution in [1.82, 2.24) is 9.96 Å². The molecule has 0 aliphatic carbocycles. The number of nitrogens with zero attached hydrogens (tertiary/aromatic N) is 2. The minimum absolute atomic E-state index is 0.0481. The fourth-order valence-electron chi connectivity index (χ4n) is 1.70. The summed E-state index contributed by atoms with van der Waals surface area (Å²) in [4.78, 5) is 19.2. The van der Waals surface area contributed by atoms with Crippen molar-refractivity contribution in [2.24, 2.45) is 0 Å². The number of hydroxylamine groups is 2. The zero-order valence-electron chi connectivity index (χ0n) is 9.32. The highest BCUT2D eigenvalue weighted by atomic mass is 16.7. The maximum absolute atomic E-state index is 11.9. The lowest BCUT2D eigenvalue weighted by Crippen LogP contribution is -2.47. The summed E-state index contributed by atoms with van der Waals surface area (Å²) >= 11 is 0. The molecule has 1 heterocycles. The zero-order valence-corrected chi connectivity index (χ0v) is 9.32. The smallest absolute Gasteiger partial charge is 0.263 e. The second-order valence-electron chi connectivity index (χ2n) is 3.87. The lowest BCUT2D eigenvalue weighted by Gasteiger charge is -2.31. The van der Waals surface area contributed by atoms with Crippen LogP contribution in [-0.4, -0.2) is 49.2 Å². The Morgan fingerprint density at radius 3 is 2.64 bits per heavy atom. The van der Waals surface area contributed by atoms with Gasteiger partial charge < -0.3 is 0 Å². The average molecular weight is 200 g/mol. The van der Waals surface area contributed by atoms with Crippen LogP contribution in [0.25, 0.3) is 0 Å². The molecule has 1 fully saturated rings. The van der Waals surface area contributed by atoms with E-state index in [-0.39, 0.29) is 11.9 Å². The molecule has 82 valence electrons. The van der Waals surface area contributed by atoms with Crippen LogP contribution in [0, 0.1) is 0 Å². The van der Waals surface area contributed by atoms with Crippen molar-refractivity contribution in [3.8, 4) is 0 Å². The first-order valence-corrected chi connectivity index (χ1v) is 5.27. The number of likely N-dealkylation sites (N-methyl/N-ethyl adjacent to an activating group) is 1. The Labute approximate surface area is 85.8 Å². The first kappa shape index (κ1) is 11.5. The predicted octanol–water partition coefficient (Wildman–Crippen LogP) is 0.881. The largest absolute Gasteiger partial charge is 0.298 e. The maximum Gasteiger partial charge on any atom is 0.263 e. The van der Waals surface area contributed by atoms with Crippen molar-refractivity contribution < 1.29 is 9.63 Å². The van der Waals surface area contributed by atoms with Gasteiger partial charge >= 0.3 is 0 Å². The Morgan fingerprint density at radius 1 is 1.50 bits per heavy atom. The SMILES string of the molecule is CC[C@@H](C(=O)N1CCCCO1)N(C)C. The molecular weight excluding hydrogens is 180 g/mol. The second kappa shape index (κ2) is 5.32. The van der Waals surface area contributed by atoms with Crippen molar-refractivity contribution in [3.63, 3.8) is 0 Å². The van der Waals surface area contributed by atoms with E-state index in [1.54, 1.807) is 0 Å². The van der Waals surface area contributed by atoms with Crippen LogP contribution in [0.4, 0.5) is 0 Å². The van der Waals surface area contributed by atoms with Crippen LogP contribution in [0.5, 0.6) is 0 Å². The van der Waals surface area contributed by atoms with E-state index in [1.807, 2.05) is 25.9 Å². The summed E-state index contributed by atoms with van der Waals surface area (Å²) in [6, 6.07) is -0.0481. The number of hydrogen-bond donors (Lipinski definition) is 0. The Hall–Kier alpha value is -0.610. The number of amides is 1. The van der Waals surface area contributed by atoms with Crippen molar-refractivity contribution in [1.29, 1.82) is 0 Å². The monoisotopic (exact) mass is 200 g/mol. The molecule has 0 aromatic rings. The van der Waals surface area contributed by atoms with Gasteiger partial charge in [0.25, 0.3) is 5.91 Å². The highest BCUT2D eigenvalue weighted by molar-refractivity contribution is 5.80. The van der Waals surface area contributed by atoms with Gasteiger partial charge in [-0.1, -0.05) is 6.92 Å². The van der Waals surface area contributed by atoms with E-state index in [0.717, 1.165) is 25.8 Å².